The van der Waals surface area contributed by atoms with Gasteiger partial charge in [-0.2, -0.15) is 0 Å². The van der Waals surface area contributed by atoms with E-state index in [2.05, 4.69) is 24.2 Å². The van der Waals surface area contributed by atoms with Crippen LogP contribution in [-0.4, -0.2) is 36.5 Å². The lowest BCUT2D eigenvalue weighted by molar-refractivity contribution is 0.0943. The molecule has 4 nitrogen and oxygen atoms in total. The SMILES string of the molecule is Cc1sc(C(=O)NCC(C)N(C)C2CC2)cc1N. The van der Waals surface area contributed by atoms with Gasteiger partial charge in [-0.25, -0.2) is 0 Å². The summed E-state index contributed by atoms with van der Waals surface area (Å²) in [7, 11) is 2.13. The van der Waals surface area contributed by atoms with Crippen LogP contribution in [0, 0.1) is 6.92 Å². The van der Waals surface area contributed by atoms with Gasteiger partial charge in [0.2, 0.25) is 0 Å². The minimum Gasteiger partial charge on any atom is -0.398 e. The van der Waals surface area contributed by atoms with E-state index in [1.807, 2.05) is 6.92 Å². The summed E-state index contributed by atoms with van der Waals surface area (Å²) in [5, 5.41) is 2.98. The monoisotopic (exact) mass is 267 g/mol. The van der Waals surface area contributed by atoms with Crippen molar-refractivity contribution >= 4 is 22.9 Å². The van der Waals surface area contributed by atoms with Crippen LogP contribution in [-0.2, 0) is 0 Å². The molecule has 0 saturated heterocycles. The lowest BCUT2D eigenvalue weighted by atomic mass is 10.3. The second-order valence-corrected chi connectivity index (χ2v) is 6.33. The molecule has 1 atom stereocenters. The number of carbonyl (C=O) groups excluding carboxylic acids is 1. The minimum absolute atomic E-state index is 0.0177. The molecule has 1 aliphatic rings. The maximum absolute atomic E-state index is 11.9. The van der Waals surface area contributed by atoms with E-state index in [4.69, 9.17) is 5.73 Å². The van der Waals surface area contributed by atoms with E-state index in [1.165, 1.54) is 24.2 Å². The summed E-state index contributed by atoms with van der Waals surface area (Å²) in [6, 6.07) is 2.85. The van der Waals surface area contributed by atoms with Crippen molar-refractivity contribution in [1.82, 2.24) is 10.2 Å². The molecule has 0 aromatic carbocycles. The zero-order valence-corrected chi connectivity index (χ0v) is 12.0. The number of nitrogens with zero attached hydrogens (tertiary/aromatic N) is 1. The lowest BCUT2D eigenvalue weighted by Crippen LogP contribution is -2.41. The molecular formula is C13H21N3OS. The molecule has 1 unspecified atom stereocenters. The maximum atomic E-state index is 11.9. The summed E-state index contributed by atoms with van der Waals surface area (Å²) in [5.41, 5.74) is 6.45. The molecule has 1 heterocycles. The van der Waals surface area contributed by atoms with Crippen molar-refractivity contribution in [3.63, 3.8) is 0 Å². The van der Waals surface area contributed by atoms with E-state index in [-0.39, 0.29) is 5.91 Å². The Labute approximate surface area is 112 Å². The van der Waals surface area contributed by atoms with Crippen molar-refractivity contribution in [2.75, 3.05) is 19.3 Å². The topological polar surface area (TPSA) is 58.4 Å². The number of carbonyl (C=O) groups is 1. The molecule has 3 N–H and O–H groups in total. The van der Waals surface area contributed by atoms with Gasteiger partial charge in [-0.05, 0) is 39.8 Å². The van der Waals surface area contributed by atoms with Crippen LogP contribution in [0.15, 0.2) is 6.07 Å². The van der Waals surface area contributed by atoms with Crippen LogP contribution in [0.1, 0.15) is 34.3 Å². The largest absolute Gasteiger partial charge is 0.398 e. The second kappa shape index (κ2) is 5.28. The molecule has 5 heteroatoms. The van der Waals surface area contributed by atoms with E-state index in [0.717, 1.165) is 10.9 Å². The summed E-state index contributed by atoms with van der Waals surface area (Å²) in [6.07, 6.45) is 2.57. The summed E-state index contributed by atoms with van der Waals surface area (Å²) in [5.74, 6) is -0.0177. The standard InChI is InChI=1S/C13H21N3OS/c1-8(16(3)10-4-5-10)7-15-13(17)12-6-11(14)9(2)18-12/h6,8,10H,4-5,7,14H2,1-3H3,(H,15,17). The third-order valence-electron chi connectivity index (χ3n) is 3.56. The van der Waals surface area contributed by atoms with Gasteiger partial charge in [0.05, 0.1) is 4.88 Å². The zero-order chi connectivity index (χ0) is 13.3. The molecule has 0 bridgehead atoms. The van der Waals surface area contributed by atoms with Gasteiger partial charge in [0.25, 0.3) is 5.91 Å². The minimum atomic E-state index is -0.0177. The van der Waals surface area contributed by atoms with Gasteiger partial charge in [0.15, 0.2) is 0 Å². The molecule has 2 rings (SSSR count). The Balaban J connectivity index is 1.84. The highest BCUT2D eigenvalue weighted by Crippen LogP contribution is 2.27. The predicted molar refractivity (Wildman–Crippen MR) is 76.0 cm³/mol. The van der Waals surface area contributed by atoms with Gasteiger partial charge in [0.1, 0.15) is 0 Å². The molecule has 1 saturated carbocycles. The maximum Gasteiger partial charge on any atom is 0.261 e. The molecule has 18 heavy (non-hydrogen) atoms. The fraction of sp³-hybridized carbons (Fsp3) is 0.615. The average Bonchev–Trinajstić information content (AvgIpc) is 3.12. The van der Waals surface area contributed by atoms with E-state index in [1.54, 1.807) is 6.07 Å². The number of hydrogen-bond acceptors (Lipinski definition) is 4. The third-order valence-corrected chi connectivity index (χ3v) is 4.62. The molecule has 1 aromatic rings. The van der Waals surface area contributed by atoms with E-state index in [9.17, 15) is 4.79 Å². The Hall–Kier alpha value is -1.07. The Morgan fingerprint density at radius 3 is 2.83 bits per heavy atom. The first-order valence-electron chi connectivity index (χ1n) is 6.35. The summed E-state index contributed by atoms with van der Waals surface area (Å²) in [6.45, 7) is 4.76. The van der Waals surface area contributed by atoms with Gasteiger partial charge in [-0.3, -0.25) is 9.69 Å². The fourth-order valence-electron chi connectivity index (χ4n) is 1.92. The summed E-state index contributed by atoms with van der Waals surface area (Å²) >= 11 is 1.45. The van der Waals surface area contributed by atoms with Gasteiger partial charge < -0.3 is 11.1 Å². The number of anilines is 1. The molecule has 100 valence electrons. The quantitative estimate of drug-likeness (QED) is 0.856. The Morgan fingerprint density at radius 1 is 1.67 bits per heavy atom. The second-order valence-electron chi connectivity index (χ2n) is 5.08. The van der Waals surface area contributed by atoms with Crippen molar-refractivity contribution in [3.05, 3.63) is 15.8 Å². The highest BCUT2D eigenvalue weighted by atomic mass is 32.1. The number of amides is 1. The number of nitrogens with two attached hydrogens (primary N) is 1. The molecule has 1 amide bonds. The van der Waals surface area contributed by atoms with Crippen LogP contribution in [0.3, 0.4) is 0 Å². The fourth-order valence-corrected chi connectivity index (χ4v) is 2.78. The smallest absolute Gasteiger partial charge is 0.261 e. The van der Waals surface area contributed by atoms with E-state index < -0.39 is 0 Å². The van der Waals surface area contributed by atoms with Gasteiger partial charge >= 0.3 is 0 Å². The molecule has 1 aromatic heterocycles. The van der Waals surface area contributed by atoms with Crippen molar-refractivity contribution in [3.8, 4) is 0 Å². The van der Waals surface area contributed by atoms with Crippen molar-refractivity contribution in [2.45, 2.75) is 38.8 Å². The first kappa shape index (κ1) is 13.4. The third kappa shape index (κ3) is 3.03. The van der Waals surface area contributed by atoms with Gasteiger partial charge in [-0.15, -0.1) is 11.3 Å². The highest BCUT2D eigenvalue weighted by Gasteiger charge is 2.29. The van der Waals surface area contributed by atoms with Crippen molar-refractivity contribution < 1.29 is 4.79 Å². The number of nitrogens with one attached hydrogen (secondary N) is 1. The lowest BCUT2D eigenvalue weighted by Gasteiger charge is -2.24. The first-order chi connectivity index (χ1) is 8.49. The van der Waals surface area contributed by atoms with Gasteiger partial charge in [0, 0.05) is 29.2 Å². The molecule has 0 radical (unpaired) electrons. The highest BCUT2D eigenvalue weighted by molar-refractivity contribution is 7.14. The number of thiophene rings is 1. The number of nitrogen functional groups attached to an aromatic ring is 1. The van der Waals surface area contributed by atoms with Crippen molar-refractivity contribution in [1.29, 1.82) is 0 Å². The van der Waals surface area contributed by atoms with Crippen LogP contribution >= 0.6 is 11.3 Å². The number of rotatable bonds is 5. The molecule has 1 aliphatic carbocycles. The van der Waals surface area contributed by atoms with E-state index in [0.29, 0.717) is 23.2 Å². The number of aryl methyl sites for hydroxylation is 1. The Morgan fingerprint density at radius 2 is 2.33 bits per heavy atom. The van der Waals surface area contributed by atoms with Crippen LogP contribution in [0.25, 0.3) is 0 Å². The summed E-state index contributed by atoms with van der Waals surface area (Å²) < 4.78 is 0. The normalized spacial score (nSPS) is 16.9. The predicted octanol–water partition coefficient (Wildman–Crippen LogP) is 1.85. The first-order valence-corrected chi connectivity index (χ1v) is 7.16. The molecule has 0 spiro atoms. The van der Waals surface area contributed by atoms with Crippen molar-refractivity contribution in [2.24, 2.45) is 0 Å². The Bertz CT molecular complexity index is 420. The average molecular weight is 267 g/mol. The van der Waals surface area contributed by atoms with Crippen LogP contribution in [0.4, 0.5) is 5.69 Å². The van der Waals surface area contributed by atoms with Crippen LogP contribution in [0.2, 0.25) is 0 Å². The number of likely N-dealkylation sites (N-methyl/N-ethyl adjacent to an activating group) is 1. The molecule has 1 fully saturated rings. The summed E-state index contributed by atoms with van der Waals surface area (Å²) in [4.78, 5) is 16.0. The van der Waals surface area contributed by atoms with E-state index >= 15 is 0 Å². The number of hydrogen-bond donors (Lipinski definition) is 2. The Kier molecular flexibility index (Phi) is 3.92. The van der Waals surface area contributed by atoms with Crippen LogP contribution in [0.5, 0.6) is 0 Å². The zero-order valence-electron chi connectivity index (χ0n) is 11.2. The molecular weight excluding hydrogens is 246 g/mol. The molecule has 0 aliphatic heterocycles. The van der Waals surface area contributed by atoms with Crippen LogP contribution < -0.4 is 11.1 Å². The van der Waals surface area contributed by atoms with Gasteiger partial charge in [-0.1, -0.05) is 0 Å².